The predicted octanol–water partition coefficient (Wildman–Crippen LogP) is 4.91. The van der Waals surface area contributed by atoms with Crippen molar-refractivity contribution in [2.75, 3.05) is 11.9 Å². The summed E-state index contributed by atoms with van der Waals surface area (Å²) >= 11 is 6.74. The van der Waals surface area contributed by atoms with Crippen LogP contribution in [0.25, 0.3) is 0 Å². The highest BCUT2D eigenvalue weighted by molar-refractivity contribution is 7.80. The SMILES string of the molecule is Cc1c(Cc2ccccc2)sc(NC(=S)NC(=O)c2cccc(OCC(C)C)c2)c1C(N)=O. The summed E-state index contributed by atoms with van der Waals surface area (Å²) in [5, 5.41) is 6.25. The molecule has 0 unspecified atom stereocenters. The number of anilines is 1. The Hall–Kier alpha value is -3.23. The molecule has 3 rings (SSSR count). The molecule has 2 aromatic carbocycles. The fraction of sp³-hybridized carbons (Fsp3) is 0.240. The van der Waals surface area contributed by atoms with Crippen molar-refractivity contribution < 1.29 is 14.3 Å². The number of primary amides is 1. The van der Waals surface area contributed by atoms with E-state index < -0.39 is 5.91 Å². The van der Waals surface area contributed by atoms with Crippen molar-refractivity contribution in [1.82, 2.24) is 5.32 Å². The fourth-order valence-corrected chi connectivity index (χ4v) is 4.70. The van der Waals surface area contributed by atoms with Crippen LogP contribution in [0.1, 0.15) is 50.6 Å². The number of amides is 2. The summed E-state index contributed by atoms with van der Waals surface area (Å²) in [5.41, 5.74) is 8.37. The first kappa shape index (κ1) is 24.4. The number of ether oxygens (including phenoxy) is 1. The molecule has 4 N–H and O–H groups in total. The van der Waals surface area contributed by atoms with Crippen molar-refractivity contribution in [3.63, 3.8) is 0 Å². The summed E-state index contributed by atoms with van der Waals surface area (Å²) in [4.78, 5) is 25.8. The van der Waals surface area contributed by atoms with Crippen LogP contribution in [0.15, 0.2) is 54.6 Å². The summed E-state index contributed by atoms with van der Waals surface area (Å²) in [6, 6.07) is 16.9. The van der Waals surface area contributed by atoms with Gasteiger partial charge in [-0.1, -0.05) is 50.2 Å². The fourth-order valence-electron chi connectivity index (χ4n) is 3.19. The first-order valence-corrected chi connectivity index (χ1v) is 11.8. The molecule has 0 fully saturated rings. The molecule has 6 nitrogen and oxygen atoms in total. The lowest BCUT2D eigenvalue weighted by Gasteiger charge is -2.11. The van der Waals surface area contributed by atoms with E-state index in [0.717, 1.165) is 16.0 Å². The minimum Gasteiger partial charge on any atom is -0.493 e. The Morgan fingerprint density at radius 2 is 1.85 bits per heavy atom. The number of hydrogen-bond acceptors (Lipinski definition) is 5. The van der Waals surface area contributed by atoms with Crippen molar-refractivity contribution in [3.8, 4) is 5.75 Å². The number of hydrogen-bond donors (Lipinski definition) is 3. The normalized spacial score (nSPS) is 10.7. The van der Waals surface area contributed by atoms with E-state index in [1.54, 1.807) is 24.3 Å². The Morgan fingerprint density at radius 3 is 2.52 bits per heavy atom. The van der Waals surface area contributed by atoms with Gasteiger partial charge in [0, 0.05) is 16.9 Å². The molecule has 0 aliphatic carbocycles. The number of nitrogens with one attached hydrogen (secondary N) is 2. The van der Waals surface area contributed by atoms with Gasteiger partial charge in [-0.25, -0.2) is 0 Å². The number of rotatable bonds is 8. The van der Waals surface area contributed by atoms with Crippen molar-refractivity contribution in [2.45, 2.75) is 27.2 Å². The largest absolute Gasteiger partial charge is 0.493 e. The van der Waals surface area contributed by atoms with E-state index in [0.29, 0.717) is 40.8 Å². The smallest absolute Gasteiger partial charge is 0.257 e. The second kappa shape index (κ2) is 11.1. The Kier molecular flexibility index (Phi) is 8.19. The molecule has 0 atom stereocenters. The maximum absolute atomic E-state index is 12.7. The lowest BCUT2D eigenvalue weighted by molar-refractivity contribution is 0.0975. The zero-order valence-corrected chi connectivity index (χ0v) is 20.4. The van der Waals surface area contributed by atoms with Crippen molar-refractivity contribution in [1.29, 1.82) is 0 Å². The lowest BCUT2D eigenvalue weighted by atomic mass is 10.1. The molecule has 0 spiro atoms. The van der Waals surface area contributed by atoms with E-state index in [4.69, 9.17) is 22.7 Å². The number of benzene rings is 2. The maximum atomic E-state index is 12.7. The minimum absolute atomic E-state index is 0.0866. The van der Waals surface area contributed by atoms with Crippen molar-refractivity contribution in [3.05, 3.63) is 81.7 Å². The van der Waals surface area contributed by atoms with Gasteiger partial charge in [-0.3, -0.25) is 14.9 Å². The molecule has 0 aliphatic heterocycles. The van der Waals surface area contributed by atoms with Crippen LogP contribution < -0.4 is 21.1 Å². The average molecular weight is 482 g/mol. The number of carbonyl (C=O) groups excluding carboxylic acids is 2. The quantitative estimate of drug-likeness (QED) is 0.398. The number of nitrogens with two attached hydrogens (primary N) is 1. The molecule has 33 heavy (non-hydrogen) atoms. The second-order valence-electron chi connectivity index (χ2n) is 8.02. The summed E-state index contributed by atoms with van der Waals surface area (Å²) in [7, 11) is 0. The molecule has 3 aromatic rings. The van der Waals surface area contributed by atoms with Crippen LogP contribution in [-0.4, -0.2) is 23.5 Å². The Morgan fingerprint density at radius 1 is 1.12 bits per heavy atom. The first-order chi connectivity index (χ1) is 15.7. The summed E-state index contributed by atoms with van der Waals surface area (Å²) < 4.78 is 5.69. The molecular weight excluding hydrogens is 454 g/mol. The van der Waals surface area contributed by atoms with Gasteiger partial charge in [-0.15, -0.1) is 11.3 Å². The summed E-state index contributed by atoms with van der Waals surface area (Å²) in [5.74, 6) is 0.0704. The first-order valence-electron chi connectivity index (χ1n) is 10.6. The van der Waals surface area contributed by atoms with E-state index in [1.807, 2.05) is 37.3 Å². The molecule has 1 aromatic heterocycles. The number of thiocarbonyl (C=S) groups is 1. The van der Waals surface area contributed by atoms with Gasteiger partial charge >= 0.3 is 0 Å². The van der Waals surface area contributed by atoms with Crippen LogP contribution in [0.2, 0.25) is 0 Å². The van der Waals surface area contributed by atoms with E-state index in [1.165, 1.54) is 11.3 Å². The number of carbonyl (C=O) groups is 2. The molecule has 2 amide bonds. The highest BCUT2D eigenvalue weighted by Gasteiger charge is 2.21. The van der Waals surface area contributed by atoms with Gasteiger partial charge in [0.1, 0.15) is 10.8 Å². The van der Waals surface area contributed by atoms with Gasteiger partial charge in [-0.05, 0) is 54.4 Å². The van der Waals surface area contributed by atoms with Gasteiger partial charge in [-0.2, -0.15) is 0 Å². The van der Waals surface area contributed by atoms with Crippen molar-refractivity contribution >= 4 is 45.5 Å². The minimum atomic E-state index is -0.547. The van der Waals surface area contributed by atoms with Crippen LogP contribution in [0, 0.1) is 12.8 Å². The molecule has 0 saturated heterocycles. The maximum Gasteiger partial charge on any atom is 0.257 e. The highest BCUT2D eigenvalue weighted by atomic mass is 32.1. The molecule has 8 heteroatoms. The molecule has 0 bridgehead atoms. The molecule has 0 saturated carbocycles. The monoisotopic (exact) mass is 481 g/mol. The van der Waals surface area contributed by atoms with Gasteiger partial charge in [0.25, 0.3) is 11.8 Å². The van der Waals surface area contributed by atoms with E-state index >= 15 is 0 Å². The van der Waals surface area contributed by atoms with Gasteiger partial charge in [0.15, 0.2) is 5.11 Å². The molecular formula is C25H27N3O3S2. The van der Waals surface area contributed by atoms with E-state index in [-0.39, 0.29) is 11.0 Å². The lowest BCUT2D eigenvalue weighted by Crippen LogP contribution is -2.34. The average Bonchev–Trinajstić information content (AvgIpc) is 3.07. The van der Waals surface area contributed by atoms with Crippen LogP contribution in [-0.2, 0) is 6.42 Å². The zero-order valence-electron chi connectivity index (χ0n) is 18.8. The molecule has 172 valence electrons. The second-order valence-corrected chi connectivity index (χ2v) is 9.54. The van der Waals surface area contributed by atoms with Crippen LogP contribution in [0.3, 0.4) is 0 Å². The Bertz CT molecular complexity index is 1160. The van der Waals surface area contributed by atoms with E-state index in [9.17, 15) is 9.59 Å². The summed E-state index contributed by atoms with van der Waals surface area (Å²) in [6.45, 7) is 6.53. The zero-order chi connectivity index (χ0) is 24.0. The van der Waals surface area contributed by atoms with E-state index in [2.05, 4.69) is 24.5 Å². The third-order valence-corrected chi connectivity index (χ3v) is 6.24. The van der Waals surface area contributed by atoms with Crippen LogP contribution in [0.5, 0.6) is 5.75 Å². The highest BCUT2D eigenvalue weighted by Crippen LogP contribution is 2.34. The van der Waals surface area contributed by atoms with Gasteiger partial charge in [0.05, 0.1) is 12.2 Å². The third-order valence-electron chi connectivity index (χ3n) is 4.83. The number of thiophene rings is 1. The van der Waals surface area contributed by atoms with Crippen LogP contribution in [0.4, 0.5) is 5.00 Å². The Labute approximate surface area is 203 Å². The Balaban J connectivity index is 1.72. The standard InChI is InChI=1S/C25H27N3O3S2/c1-15(2)14-31-19-11-7-10-18(13-19)23(30)27-25(32)28-24-21(22(26)29)16(3)20(33-24)12-17-8-5-4-6-9-17/h4-11,13,15H,12,14H2,1-3H3,(H2,26,29)(H2,27,28,30,32). The third kappa shape index (κ3) is 6.63. The summed E-state index contributed by atoms with van der Waals surface area (Å²) in [6.07, 6.45) is 0.668. The van der Waals surface area contributed by atoms with Gasteiger partial charge < -0.3 is 15.8 Å². The van der Waals surface area contributed by atoms with Crippen molar-refractivity contribution in [2.24, 2.45) is 11.7 Å². The van der Waals surface area contributed by atoms with Crippen LogP contribution >= 0.6 is 23.6 Å². The topological polar surface area (TPSA) is 93.4 Å². The molecule has 1 heterocycles. The predicted molar refractivity (Wildman–Crippen MR) is 137 cm³/mol. The molecule has 0 radical (unpaired) electrons. The molecule has 0 aliphatic rings. The van der Waals surface area contributed by atoms with Gasteiger partial charge in [0.2, 0.25) is 0 Å².